The molecule has 41 valence electrons. The van der Waals surface area contributed by atoms with E-state index in [2.05, 4.69) is 0 Å². The maximum absolute atomic E-state index is 5.04. The Labute approximate surface area is 56.1 Å². The molecule has 0 radical (unpaired) electrons. The van der Waals surface area contributed by atoms with Crippen LogP contribution in [0.4, 0.5) is 0 Å². The van der Waals surface area contributed by atoms with Crippen LogP contribution in [0.1, 0.15) is 0 Å². The van der Waals surface area contributed by atoms with E-state index in [1.54, 1.807) is 0 Å². The van der Waals surface area contributed by atoms with E-state index >= 15 is 0 Å². The van der Waals surface area contributed by atoms with Crippen molar-refractivity contribution in [2.75, 3.05) is 0 Å². The molecule has 0 aromatic rings. The van der Waals surface area contributed by atoms with Crippen molar-refractivity contribution in [3.63, 3.8) is 0 Å². The van der Waals surface area contributed by atoms with Gasteiger partial charge in [0.2, 0.25) is 0 Å². The molecule has 0 amide bonds. The molecule has 0 aliphatic rings. The molecule has 0 nitrogen and oxygen atoms in total. The molecule has 0 aromatic carbocycles. The van der Waals surface area contributed by atoms with Crippen LogP contribution in [0.5, 0.6) is 0 Å². The number of rotatable bonds is 0. The van der Waals surface area contributed by atoms with Crippen LogP contribution in [0.25, 0.3) is 0 Å². The molecule has 0 bridgehead atoms. The molecule has 0 aliphatic heterocycles. The third kappa shape index (κ3) is 35.4. The third-order valence-electron chi connectivity index (χ3n) is 0. The van der Waals surface area contributed by atoms with E-state index in [0.29, 0.717) is 0 Å². The van der Waals surface area contributed by atoms with Gasteiger partial charge < -0.3 is 0 Å². The summed E-state index contributed by atoms with van der Waals surface area (Å²) in [5.74, 6) is 0. The van der Waals surface area contributed by atoms with Crippen molar-refractivity contribution in [1.82, 2.24) is 0 Å². The quantitative estimate of drug-likeness (QED) is 0.593. The van der Waals surface area contributed by atoms with E-state index in [4.69, 9.17) is 47.1 Å². The van der Waals surface area contributed by atoms with Gasteiger partial charge in [0.15, 0.2) is 0 Å². The van der Waals surface area contributed by atoms with Gasteiger partial charge in [0.05, 0.1) is 0 Å². The molecule has 6 heavy (non-hydrogen) atoms. The average molecular weight is 273 g/mol. The standard InChI is InChI=1S/5ClH.Mo/h5*1H;/q;;;;;+5/p-5. The zero-order valence-corrected chi connectivity index (χ0v) is 8.08. The Hall–Kier alpha value is 2.14. The molecule has 0 N–H and O–H groups in total. The second-order valence-corrected chi connectivity index (χ2v) is 31.1. The van der Waals surface area contributed by atoms with Gasteiger partial charge in [-0.1, -0.05) is 0 Å². The van der Waals surface area contributed by atoms with E-state index in [-0.39, 0.29) is 0 Å². The van der Waals surface area contributed by atoms with Crippen LogP contribution in [0, 0.1) is 0 Å². The van der Waals surface area contributed by atoms with Gasteiger partial charge in [-0.05, 0) is 0 Å². The summed E-state index contributed by atoms with van der Waals surface area (Å²) in [6, 6.07) is 0. The molecule has 0 spiro atoms. The van der Waals surface area contributed by atoms with E-state index in [0.717, 1.165) is 0 Å². The summed E-state index contributed by atoms with van der Waals surface area (Å²) in [5.41, 5.74) is 0. The van der Waals surface area contributed by atoms with Crippen molar-refractivity contribution < 1.29 is 9.60 Å². The van der Waals surface area contributed by atoms with E-state index in [9.17, 15) is 0 Å². The molecule has 0 aliphatic carbocycles. The van der Waals surface area contributed by atoms with Crippen LogP contribution in [-0.4, -0.2) is 0 Å². The second kappa shape index (κ2) is 1.83. The van der Waals surface area contributed by atoms with Gasteiger partial charge in [0, 0.05) is 0 Å². The molecule has 0 unspecified atom stereocenters. The van der Waals surface area contributed by atoms with Crippen LogP contribution in [-0.2, 0) is 9.60 Å². The summed E-state index contributed by atoms with van der Waals surface area (Å²) in [6.07, 6.45) is 0. The van der Waals surface area contributed by atoms with E-state index in [1.165, 1.54) is 0 Å². The van der Waals surface area contributed by atoms with Crippen molar-refractivity contribution in [3.05, 3.63) is 0 Å². The molecule has 0 aromatic heterocycles. The Balaban J connectivity index is 3.73. The molecule has 0 saturated heterocycles. The number of hydrogen-bond acceptors (Lipinski definition) is 0. The summed E-state index contributed by atoms with van der Waals surface area (Å²) in [4.78, 5) is 0. The van der Waals surface area contributed by atoms with Gasteiger partial charge in [-0.3, -0.25) is 0 Å². The van der Waals surface area contributed by atoms with E-state index < -0.39 is 9.60 Å². The molecular weight excluding hydrogens is 273 g/mol. The minimum absolute atomic E-state index is 4.26. The molecule has 0 heterocycles. The van der Waals surface area contributed by atoms with Crippen molar-refractivity contribution in [1.29, 1.82) is 0 Å². The summed E-state index contributed by atoms with van der Waals surface area (Å²) in [7, 11) is 20.9. The first-order valence-electron chi connectivity index (χ1n) is 0.772. The zero-order chi connectivity index (χ0) is 5.45. The molecule has 0 fully saturated rings. The molecule has 6 heteroatoms. The fourth-order valence-corrected chi connectivity index (χ4v) is 0. The number of halogens is 5. The first kappa shape index (κ1) is 8.14. The van der Waals surface area contributed by atoms with Gasteiger partial charge >= 0.3 is 56.7 Å². The van der Waals surface area contributed by atoms with Gasteiger partial charge in [0.1, 0.15) is 0 Å². The average Bonchev–Trinajstić information content (AvgIpc) is 0.650. The third-order valence-corrected chi connectivity index (χ3v) is 0. The minimum atomic E-state index is -4.26. The Kier molecular flexibility index (Phi) is 2.48. The predicted octanol–water partition coefficient (Wildman–Crippen LogP) is 3.44. The predicted molar refractivity (Wildman–Crippen MR) is 29.3 cm³/mol. The fraction of sp³-hybridized carbons (Fsp3) is 0. The monoisotopic (exact) mass is 273 g/mol. The number of hydrogen-bond donors (Lipinski definition) is 0. The summed E-state index contributed by atoms with van der Waals surface area (Å²) in [6.45, 7) is 0. The van der Waals surface area contributed by atoms with Crippen molar-refractivity contribution >= 4 is 47.1 Å². The second-order valence-electron chi connectivity index (χ2n) is 0.583. The Bertz CT molecular complexity index is 37.1. The first-order chi connectivity index (χ1) is 2.24. The fourth-order valence-electron chi connectivity index (χ4n) is 0. The zero-order valence-electron chi connectivity index (χ0n) is 2.30. The SMILES string of the molecule is [Cl][Mo]([Cl])([Cl])([Cl])[Cl]. The van der Waals surface area contributed by atoms with Gasteiger partial charge in [-0.15, -0.1) is 0 Å². The first-order valence-corrected chi connectivity index (χ1v) is 13.7. The van der Waals surface area contributed by atoms with Crippen LogP contribution >= 0.6 is 47.1 Å². The Morgan fingerprint density at radius 2 is 0.667 bits per heavy atom. The van der Waals surface area contributed by atoms with Crippen molar-refractivity contribution in [2.45, 2.75) is 0 Å². The summed E-state index contributed by atoms with van der Waals surface area (Å²) < 4.78 is 0. The van der Waals surface area contributed by atoms with Gasteiger partial charge in [0.25, 0.3) is 0 Å². The van der Waals surface area contributed by atoms with Gasteiger partial charge in [-0.25, -0.2) is 0 Å². The van der Waals surface area contributed by atoms with Crippen molar-refractivity contribution in [2.24, 2.45) is 0 Å². The molecular formula is Cl5Mo. The van der Waals surface area contributed by atoms with Crippen LogP contribution in [0.3, 0.4) is 0 Å². The Morgan fingerprint density at radius 3 is 0.667 bits per heavy atom. The topological polar surface area (TPSA) is 0 Å². The normalized spacial score (nSPS) is 19.2. The molecule has 0 atom stereocenters. The van der Waals surface area contributed by atoms with E-state index in [1.807, 2.05) is 0 Å². The van der Waals surface area contributed by atoms with Crippen LogP contribution in [0.15, 0.2) is 0 Å². The molecule has 0 saturated carbocycles. The molecule has 0 rings (SSSR count). The van der Waals surface area contributed by atoms with Crippen molar-refractivity contribution in [3.8, 4) is 0 Å². The Morgan fingerprint density at radius 1 is 0.667 bits per heavy atom. The summed E-state index contributed by atoms with van der Waals surface area (Å²) in [5, 5.41) is 0. The maximum atomic E-state index is 5.04. The van der Waals surface area contributed by atoms with Crippen LogP contribution in [0.2, 0.25) is 0 Å². The summed E-state index contributed by atoms with van der Waals surface area (Å²) >= 11 is 0. The van der Waals surface area contributed by atoms with Crippen LogP contribution < -0.4 is 0 Å². The van der Waals surface area contributed by atoms with Gasteiger partial charge in [-0.2, -0.15) is 0 Å².